The van der Waals surface area contributed by atoms with E-state index in [-0.39, 0.29) is 17.8 Å². The maximum Gasteiger partial charge on any atom is 0.317 e. The number of rotatable bonds is 6. The first-order chi connectivity index (χ1) is 10.1. The van der Waals surface area contributed by atoms with Crippen molar-refractivity contribution in [2.24, 2.45) is 5.92 Å². The summed E-state index contributed by atoms with van der Waals surface area (Å²) in [5.41, 5.74) is 1.03. The highest BCUT2D eigenvalue weighted by Crippen LogP contribution is 2.27. The van der Waals surface area contributed by atoms with Crippen molar-refractivity contribution in [1.82, 2.24) is 10.2 Å². The van der Waals surface area contributed by atoms with E-state index in [0.29, 0.717) is 12.5 Å². The van der Waals surface area contributed by atoms with Crippen molar-refractivity contribution in [3.63, 3.8) is 0 Å². The van der Waals surface area contributed by atoms with Crippen LogP contribution >= 0.6 is 0 Å². The molecule has 0 bridgehead atoms. The molecule has 0 heterocycles. The van der Waals surface area contributed by atoms with Crippen LogP contribution in [-0.2, 0) is 6.42 Å². The Morgan fingerprint density at radius 2 is 2.19 bits per heavy atom. The number of aromatic hydroxyl groups is 1. The van der Waals surface area contributed by atoms with Gasteiger partial charge in [0, 0.05) is 19.1 Å². The molecule has 1 aliphatic carbocycles. The number of carbonyl (C=O) groups is 1. The lowest BCUT2D eigenvalue weighted by Gasteiger charge is -2.34. The number of amides is 2. The van der Waals surface area contributed by atoms with Crippen LogP contribution in [0.2, 0.25) is 0 Å². The van der Waals surface area contributed by atoms with Crippen LogP contribution in [0, 0.1) is 5.92 Å². The molecule has 1 saturated carbocycles. The quantitative estimate of drug-likeness (QED) is 0.845. The lowest BCUT2D eigenvalue weighted by Crippen LogP contribution is -2.47. The Hall–Kier alpha value is -1.71. The van der Waals surface area contributed by atoms with Crippen molar-refractivity contribution in [2.45, 2.75) is 45.6 Å². The molecule has 1 aromatic rings. The fraction of sp³-hybridized carbons (Fsp3) is 0.588. The van der Waals surface area contributed by atoms with Crippen molar-refractivity contribution in [2.75, 3.05) is 13.1 Å². The van der Waals surface area contributed by atoms with Gasteiger partial charge in [-0.15, -0.1) is 0 Å². The number of phenols is 1. The molecule has 0 saturated heterocycles. The van der Waals surface area contributed by atoms with Gasteiger partial charge < -0.3 is 15.3 Å². The second kappa shape index (κ2) is 7.34. The largest absolute Gasteiger partial charge is 0.508 e. The van der Waals surface area contributed by atoms with Crippen molar-refractivity contribution >= 4 is 6.03 Å². The Labute approximate surface area is 127 Å². The van der Waals surface area contributed by atoms with Crippen LogP contribution in [0.4, 0.5) is 4.79 Å². The molecule has 1 aromatic carbocycles. The monoisotopic (exact) mass is 290 g/mol. The third-order valence-corrected chi connectivity index (χ3v) is 4.16. The van der Waals surface area contributed by atoms with Gasteiger partial charge in [0.2, 0.25) is 0 Å². The summed E-state index contributed by atoms with van der Waals surface area (Å²) in [6.45, 7) is 5.59. The minimum Gasteiger partial charge on any atom is -0.508 e. The molecule has 21 heavy (non-hydrogen) atoms. The van der Waals surface area contributed by atoms with E-state index in [0.717, 1.165) is 18.5 Å². The second-order valence-electron chi connectivity index (χ2n) is 6.19. The highest BCUT2D eigenvalue weighted by molar-refractivity contribution is 5.74. The molecule has 0 radical (unpaired) electrons. The van der Waals surface area contributed by atoms with E-state index >= 15 is 0 Å². The van der Waals surface area contributed by atoms with Crippen LogP contribution in [0.5, 0.6) is 5.75 Å². The number of hydrogen-bond acceptors (Lipinski definition) is 2. The van der Waals surface area contributed by atoms with Crippen molar-refractivity contribution < 1.29 is 9.90 Å². The molecule has 2 rings (SSSR count). The molecule has 2 N–H and O–H groups in total. The van der Waals surface area contributed by atoms with Gasteiger partial charge in [-0.3, -0.25) is 0 Å². The molecule has 4 nitrogen and oxygen atoms in total. The van der Waals surface area contributed by atoms with Gasteiger partial charge in [0.15, 0.2) is 0 Å². The van der Waals surface area contributed by atoms with E-state index in [1.165, 1.54) is 19.3 Å². The fourth-order valence-electron chi connectivity index (χ4n) is 2.61. The van der Waals surface area contributed by atoms with E-state index in [4.69, 9.17) is 0 Å². The van der Waals surface area contributed by atoms with Crippen molar-refractivity contribution in [3.05, 3.63) is 29.8 Å². The zero-order valence-electron chi connectivity index (χ0n) is 13.0. The molecule has 116 valence electrons. The minimum atomic E-state index is 0.0250. The number of nitrogens with one attached hydrogen (secondary N) is 1. The molecular weight excluding hydrogens is 264 g/mol. The van der Waals surface area contributed by atoms with E-state index in [1.54, 1.807) is 12.1 Å². The van der Waals surface area contributed by atoms with E-state index in [9.17, 15) is 9.90 Å². The first-order valence-electron chi connectivity index (χ1n) is 7.88. The van der Waals surface area contributed by atoms with Gasteiger partial charge in [-0.25, -0.2) is 4.79 Å². The summed E-state index contributed by atoms with van der Waals surface area (Å²) < 4.78 is 0. The van der Waals surface area contributed by atoms with Gasteiger partial charge in [0.05, 0.1) is 0 Å². The molecule has 0 atom stereocenters. The lowest BCUT2D eigenvalue weighted by molar-refractivity contribution is 0.150. The molecule has 0 spiro atoms. The zero-order valence-corrected chi connectivity index (χ0v) is 13.0. The SMILES string of the molecule is CC(C)N(CC1CCC1)C(=O)NCCc1cccc(O)c1. The highest BCUT2D eigenvalue weighted by Gasteiger charge is 2.25. The number of hydrogen-bond donors (Lipinski definition) is 2. The summed E-state index contributed by atoms with van der Waals surface area (Å²) in [7, 11) is 0. The van der Waals surface area contributed by atoms with Crippen LogP contribution in [0.25, 0.3) is 0 Å². The summed E-state index contributed by atoms with van der Waals surface area (Å²) in [6.07, 6.45) is 4.53. The predicted molar refractivity (Wildman–Crippen MR) is 84.4 cm³/mol. The van der Waals surface area contributed by atoms with E-state index in [1.807, 2.05) is 17.0 Å². The Bertz CT molecular complexity index is 470. The summed E-state index contributed by atoms with van der Waals surface area (Å²) in [4.78, 5) is 14.2. The predicted octanol–water partition coefficient (Wildman–Crippen LogP) is 3.15. The smallest absolute Gasteiger partial charge is 0.317 e. The summed E-state index contributed by atoms with van der Waals surface area (Å²) >= 11 is 0. The minimum absolute atomic E-state index is 0.0250. The van der Waals surface area contributed by atoms with Gasteiger partial charge in [-0.1, -0.05) is 18.6 Å². The maximum absolute atomic E-state index is 12.3. The normalized spacial score (nSPS) is 14.8. The first kappa shape index (κ1) is 15.7. The summed E-state index contributed by atoms with van der Waals surface area (Å²) in [5.74, 6) is 0.955. The zero-order chi connectivity index (χ0) is 15.2. The van der Waals surface area contributed by atoms with Crippen molar-refractivity contribution in [1.29, 1.82) is 0 Å². The first-order valence-corrected chi connectivity index (χ1v) is 7.88. The third-order valence-electron chi connectivity index (χ3n) is 4.16. The lowest BCUT2D eigenvalue weighted by atomic mass is 9.85. The summed E-state index contributed by atoms with van der Waals surface area (Å²) in [6, 6.07) is 7.43. The van der Waals surface area contributed by atoms with Crippen molar-refractivity contribution in [3.8, 4) is 5.75 Å². The summed E-state index contributed by atoms with van der Waals surface area (Å²) in [5, 5.41) is 12.4. The standard InChI is InChI=1S/C17H26N2O2/c1-13(2)19(12-15-6-3-7-15)17(21)18-10-9-14-5-4-8-16(20)11-14/h4-5,8,11,13,15,20H,3,6-7,9-10,12H2,1-2H3,(H,18,21). The molecule has 4 heteroatoms. The number of phenolic OH excluding ortho intramolecular Hbond substituents is 1. The molecular formula is C17H26N2O2. The Kier molecular flexibility index (Phi) is 5.48. The Balaban J connectivity index is 1.78. The molecule has 1 fully saturated rings. The van der Waals surface area contributed by atoms with Gasteiger partial charge in [-0.05, 0) is 56.7 Å². The van der Waals surface area contributed by atoms with Crippen LogP contribution in [-0.4, -0.2) is 35.2 Å². The average Bonchev–Trinajstić information content (AvgIpc) is 2.36. The highest BCUT2D eigenvalue weighted by atomic mass is 16.3. The van der Waals surface area contributed by atoms with E-state index < -0.39 is 0 Å². The van der Waals surface area contributed by atoms with Crippen LogP contribution < -0.4 is 5.32 Å². The molecule has 1 aliphatic rings. The number of urea groups is 1. The second-order valence-corrected chi connectivity index (χ2v) is 6.19. The van der Waals surface area contributed by atoms with Gasteiger partial charge in [0.1, 0.15) is 5.75 Å². The van der Waals surface area contributed by atoms with Crippen LogP contribution in [0.1, 0.15) is 38.7 Å². The molecule has 2 amide bonds. The van der Waals surface area contributed by atoms with Gasteiger partial charge in [0.25, 0.3) is 0 Å². The van der Waals surface area contributed by atoms with Gasteiger partial charge in [-0.2, -0.15) is 0 Å². The topological polar surface area (TPSA) is 52.6 Å². The average molecular weight is 290 g/mol. The Morgan fingerprint density at radius 1 is 1.43 bits per heavy atom. The number of benzene rings is 1. The molecule has 0 aliphatic heterocycles. The maximum atomic E-state index is 12.3. The third kappa shape index (κ3) is 4.66. The van der Waals surface area contributed by atoms with Crippen LogP contribution in [0.3, 0.4) is 0 Å². The van der Waals surface area contributed by atoms with E-state index in [2.05, 4.69) is 19.2 Å². The Morgan fingerprint density at radius 3 is 2.76 bits per heavy atom. The molecule has 0 unspecified atom stereocenters. The molecule has 0 aromatic heterocycles. The number of carbonyl (C=O) groups excluding carboxylic acids is 1. The van der Waals surface area contributed by atoms with Crippen LogP contribution in [0.15, 0.2) is 24.3 Å². The van der Waals surface area contributed by atoms with Gasteiger partial charge >= 0.3 is 6.03 Å². The fourth-order valence-corrected chi connectivity index (χ4v) is 2.61. The number of nitrogens with zero attached hydrogens (tertiary/aromatic N) is 1.